The van der Waals surface area contributed by atoms with Gasteiger partial charge < -0.3 is 4.74 Å². The van der Waals surface area contributed by atoms with E-state index >= 15 is 0 Å². The van der Waals surface area contributed by atoms with Gasteiger partial charge in [0.15, 0.2) is 12.4 Å². The van der Waals surface area contributed by atoms with Crippen molar-refractivity contribution in [3.8, 4) is 11.3 Å². The third-order valence-corrected chi connectivity index (χ3v) is 5.37. The van der Waals surface area contributed by atoms with Crippen LogP contribution in [0.3, 0.4) is 0 Å². The third kappa shape index (κ3) is 4.88. The number of aromatic nitrogens is 1. The number of benzene rings is 3. The van der Waals surface area contributed by atoms with Gasteiger partial charge in [0.05, 0.1) is 16.8 Å². The standard InChI is InChI=1S/C24H14Cl3NO3/c25-16-5-1-14(2-6-16)22-12-20(19-11-18(27)9-10-21(19)28-22)24(30)31-13-23(29)15-3-7-17(26)8-4-15/h1-12H,13H2. The predicted molar refractivity (Wildman–Crippen MR) is 123 cm³/mol. The van der Waals surface area contributed by atoms with E-state index in [-0.39, 0.29) is 11.3 Å². The number of fused-ring (bicyclic) bond motifs is 1. The molecule has 0 spiro atoms. The Labute approximate surface area is 193 Å². The summed E-state index contributed by atoms with van der Waals surface area (Å²) in [6.07, 6.45) is 0. The first-order chi connectivity index (χ1) is 14.9. The van der Waals surface area contributed by atoms with Gasteiger partial charge in [0.25, 0.3) is 0 Å². The van der Waals surface area contributed by atoms with Gasteiger partial charge in [0, 0.05) is 31.6 Å². The summed E-state index contributed by atoms with van der Waals surface area (Å²) in [5, 5.41) is 2.11. The maximum atomic E-state index is 12.9. The number of hydrogen-bond donors (Lipinski definition) is 0. The number of rotatable bonds is 5. The second-order valence-corrected chi connectivity index (χ2v) is 8.04. The molecule has 0 aliphatic rings. The van der Waals surface area contributed by atoms with Crippen molar-refractivity contribution in [1.29, 1.82) is 0 Å². The van der Waals surface area contributed by atoms with Crippen LogP contribution < -0.4 is 0 Å². The van der Waals surface area contributed by atoms with Gasteiger partial charge in [-0.1, -0.05) is 46.9 Å². The van der Waals surface area contributed by atoms with E-state index in [9.17, 15) is 9.59 Å². The zero-order chi connectivity index (χ0) is 22.0. The molecule has 154 valence electrons. The van der Waals surface area contributed by atoms with Crippen molar-refractivity contribution in [3.63, 3.8) is 0 Å². The van der Waals surface area contributed by atoms with Crippen LogP contribution in [0.2, 0.25) is 15.1 Å². The Hall–Kier alpha value is -2.92. The summed E-state index contributed by atoms with van der Waals surface area (Å²) in [6, 6.07) is 20.2. The molecular formula is C24H14Cl3NO3. The molecule has 4 aromatic rings. The van der Waals surface area contributed by atoms with Crippen molar-refractivity contribution < 1.29 is 14.3 Å². The van der Waals surface area contributed by atoms with Gasteiger partial charge >= 0.3 is 5.97 Å². The van der Waals surface area contributed by atoms with E-state index in [1.807, 2.05) is 12.1 Å². The van der Waals surface area contributed by atoms with E-state index in [1.165, 1.54) is 0 Å². The molecule has 0 fully saturated rings. The Morgan fingerprint density at radius 1 is 0.774 bits per heavy atom. The fourth-order valence-electron chi connectivity index (χ4n) is 3.06. The van der Waals surface area contributed by atoms with Crippen molar-refractivity contribution >= 4 is 57.5 Å². The van der Waals surface area contributed by atoms with E-state index in [4.69, 9.17) is 39.5 Å². The van der Waals surface area contributed by atoms with Crippen LogP contribution in [0.1, 0.15) is 20.7 Å². The van der Waals surface area contributed by atoms with Crippen LogP contribution in [0, 0.1) is 0 Å². The Morgan fingerprint density at radius 3 is 2.06 bits per heavy atom. The first kappa shape index (κ1) is 21.3. The summed E-state index contributed by atoms with van der Waals surface area (Å²) >= 11 is 18.0. The lowest BCUT2D eigenvalue weighted by Crippen LogP contribution is -2.15. The Balaban J connectivity index is 1.66. The van der Waals surface area contributed by atoms with Gasteiger partial charge in [-0.05, 0) is 60.7 Å². The van der Waals surface area contributed by atoms with E-state index in [2.05, 4.69) is 4.98 Å². The molecule has 0 amide bonds. The molecule has 1 aromatic heterocycles. The summed E-state index contributed by atoms with van der Waals surface area (Å²) in [5.74, 6) is -0.980. The van der Waals surface area contributed by atoms with Gasteiger partial charge in [-0.25, -0.2) is 9.78 Å². The number of esters is 1. The number of carbonyl (C=O) groups is 2. The van der Waals surface area contributed by atoms with Gasteiger partial charge in [-0.3, -0.25) is 4.79 Å². The topological polar surface area (TPSA) is 56.3 Å². The minimum Gasteiger partial charge on any atom is -0.454 e. The first-order valence-corrected chi connectivity index (χ1v) is 10.4. The lowest BCUT2D eigenvalue weighted by molar-refractivity contribution is 0.0476. The highest BCUT2D eigenvalue weighted by Gasteiger charge is 2.18. The summed E-state index contributed by atoms with van der Waals surface area (Å²) in [4.78, 5) is 29.9. The van der Waals surface area contributed by atoms with Gasteiger partial charge in [0.1, 0.15) is 0 Å². The minimum atomic E-state index is -0.646. The number of halogens is 3. The fraction of sp³-hybridized carbons (Fsp3) is 0.0417. The van der Waals surface area contributed by atoms with Gasteiger partial charge in [0.2, 0.25) is 0 Å². The van der Waals surface area contributed by atoms with Crippen LogP contribution in [-0.4, -0.2) is 23.3 Å². The average molecular weight is 471 g/mol. The van der Waals surface area contributed by atoms with Crippen LogP contribution in [0.25, 0.3) is 22.2 Å². The molecule has 1 heterocycles. The second kappa shape index (κ2) is 9.06. The molecule has 0 saturated heterocycles. The van der Waals surface area contributed by atoms with E-state index in [0.717, 1.165) is 5.56 Å². The maximum Gasteiger partial charge on any atom is 0.339 e. The Morgan fingerprint density at radius 2 is 1.39 bits per heavy atom. The number of pyridine rings is 1. The highest BCUT2D eigenvalue weighted by Crippen LogP contribution is 2.28. The molecule has 0 bridgehead atoms. The number of ketones is 1. The fourth-order valence-corrected chi connectivity index (χ4v) is 3.49. The molecule has 3 aromatic carbocycles. The van der Waals surface area contributed by atoms with Gasteiger partial charge in [-0.15, -0.1) is 0 Å². The lowest BCUT2D eigenvalue weighted by Gasteiger charge is -2.11. The lowest BCUT2D eigenvalue weighted by atomic mass is 10.0. The van der Waals surface area contributed by atoms with Crippen LogP contribution in [0.4, 0.5) is 0 Å². The van der Waals surface area contributed by atoms with Crippen LogP contribution in [-0.2, 0) is 4.74 Å². The molecule has 0 aliphatic carbocycles. The maximum absolute atomic E-state index is 12.9. The number of carbonyl (C=O) groups excluding carboxylic acids is 2. The average Bonchev–Trinajstić information content (AvgIpc) is 2.77. The second-order valence-electron chi connectivity index (χ2n) is 6.73. The summed E-state index contributed by atoms with van der Waals surface area (Å²) in [7, 11) is 0. The van der Waals surface area contributed by atoms with Crippen molar-refractivity contribution in [2.24, 2.45) is 0 Å². The quantitative estimate of drug-likeness (QED) is 0.235. The molecule has 0 atom stereocenters. The molecule has 31 heavy (non-hydrogen) atoms. The van der Waals surface area contributed by atoms with Crippen molar-refractivity contribution in [2.45, 2.75) is 0 Å². The predicted octanol–water partition coefficient (Wildman–Crippen LogP) is 6.90. The van der Waals surface area contributed by atoms with Crippen molar-refractivity contribution in [3.05, 3.63) is 99.0 Å². The highest BCUT2D eigenvalue weighted by atomic mass is 35.5. The normalized spacial score (nSPS) is 10.8. The minimum absolute atomic E-state index is 0.265. The Kier molecular flexibility index (Phi) is 6.23. The summed E-state index contributed by atoms with van der Waals surface area (Å²) in [6.45, 7) is -0.402. The van der Waals surface area contributed by atoms with Crippen molar-refractivity contribution in [2.75, 3.05) is 6.61 Å². The van der Waals surface area contributed by atoms with E-state index < -0.39 is 12.6 Å². The highest BCUT2D eigenvalue weighted by molar-refractivity contribution is 6.31. The molecule has 7 heteroatoms. The monoisotopic (exact) mass is 469 g/mol. The molecule has 4 nitrogen and oxygen atoms in total. The third-order valence-electron chi connectivity index (χ3n) is 4.63. The summed E-state index contributed by atoms with van der Waals surface area (Å²) < 4.78 is 5.32. The van der Waals surface area contributed by atoms with Gasteiger partial charge in [-0.2, -0.15) is 0 Å². The first-order valence-electron chi connectivity index (χ1n) is 9.23. The SMILES string of the molecule is O=C(COC(=O)c1cc(-c2ccc(Cl)cc2)nc2ccc(Cl)cc12)c1ccc(Cl)cc1. The van der Waals surface area contributed by atoms with Crippen molar-refractivity contribution in [1.82, 2.24) is 4.98 Å². The number of hydrogen-bond acceptors (Lipinski definition) is 4. The molecule has 0 N–H and O–H groups in total. The van der Waals surface area contributed by atoms with Crippen LogP contribution in [0.5, 0.6) is 0 Å². The molecular weight excluding hydrogens is 457 g/mol. The number of ether oxygens (including phenoxy) is 1. The zero-order valence-corrected chi connectivity index (χ0v) is 18.2. The van der Waals surface area contributed by atoms with Crippen LogP contribution >= 0.6 is 34.8 Å². The molecule has 0 aliphatic heterocycles. The largest absolute Gasteiger partial charge is 0.454 e. The zero-order valence-electron chi connectivity index (χ0n) is 15.9. The van der Waals surface area contributed by atoms with Crippen LogP contribution in [0.15, 0.2) is 72.8 Å². The molecule has 4 rings (SSSR count). The molecule has 0 radical (unpaired) electrons. The van der Waals surface area contributed by atoms with E-state index in [1.54, 1.807) is 60.7 Å². The number of Topliss-reactive ketones (excluding diaryl/α,β-unsaturated/α-hetero) is 1. The number of nitrogens with zero attached hydrogens (tertiary/aromatic N) is 1. The Bertz CT molecular complexity index is 1290. The summed E-state index contributed by atoms with van der Waals surface area (Å²) in [5.41, 5.74) is 2.60. The van der Waals surface area contributed by atoms with E-state index in [0.29, 0.717) is 37.2 Å². The molecule has 0 unspecified atom stereocenters. The molecule has 0 saturated carbocycles. The smallest absolute Gasteiger partial charge is 0.339 e.